The van der Waals surface area contributed by atoms with E-state index in [0.29, 0.717) is 22.2 Å². The lowest BCUT2D eigenvalue weighted by molar-refractivity contribution is 0.0950. The summed E-state index contributed by atoms with van der Waals surface area (Å²) in [5.41, 5.74) is 1.98. The maximum atomic E-state index is 12.1. The highest BCUT2D eigenvalue weighted by molar-refractivity contribution is 6.33. The van der Waals surface area contributed by atoms with Crippen molar-refractivity contribution in [1.82, 2.24) is 14.7 Å². The summed E-state index contributed by atoms with van der Waals surface area (Å²) < 4.78 is 1.82. The molecule has 0 aliphatic rings. The Morgan fingerprint density at radius 3 is 2.76 bits per heavy atom. The second-order valence-electron chi connectivity index (χ2n) is 4.51. The molecule has 0 aliphatic carbocycles. The first-order chi connectivity index (χ1) is 10.1. The van der Waals surface area contributed by atoms with E-state index in [2.05, 4.69) is 10.3 Å². The molecule has 0 bridgehead atoms. The highest BCUT2D eigenvalue weighted by Crippen LogP contribution is 2.15. The molecular formula is C15H11Cl2N3O. The molecule has 0 unspecified atom stereocenters. The van der Waals surface area contributed by atoms with Crippen molar-refractivity contribution >= 4 is 34.8 Å². The van der Waals surface area contributed by atoms with Crippen LogP contribution in [-0.4, -0.2) is 15.3 Å². The highest BCUT2D eigenvalue weighted by Gasteiger charge is 2.10. The van der Waals surface area contributed by atoms with Gasteiger partial charge >= 0.3 is 0 Å². The molecule has 21 heavy (non-hydrogen) atoms. The monoisotopic (exact) mass is 319 g/mol. The third-order valence-electron chi connectivity index (χ3n) is 3.01. The van der Waals surface area contributed by atoms with E-state index in [0.717, 1.165) is 11.3 Å². The SMILES string of the molecule is O=C(NCc1cn2cc(Cl)ccc2n1)c1ccccc1Cl. The Labute approximate surface area is 131 Å². The number of fused-ring (bicyclic) bond motifs is 1. The summed E-state index contributed by atoms with van der Waals surface area (Å²) in [7, 11) is 0. The average molecular weight is 320 g/mol. The Hall–Kier alpha value is -2.04. The molecule has 3 rings (SSSR count). The Bertz CT molecular complexity index is 814. The van der Waals surface area contributed by atoms with Gasteiger partial charge in [0.25, 0.3) is 5.91 Å². The molecule has 1 aromatic carbocycles. The van der Waals surface area contributed by atoms with Gasteiger partial charge in [-0.05, 0) is 24.3 Å². The number of carbonyl (C=O) groups is 1. The van der Waals surface area contributed by atoms with Gasteiger partial charge in [-0.25, -0.2) is 4.98 Å². The van der Waals surface area contributed by atoms with Crippen LogP contribution in [0.25, 0.3) is 5.65 Å². The predicted molar refractivity (Wildman–Crippen MR) is 82.8 cm³/mol. The quantitative estimate of drug-likeness (QED) is 0.802. The van der Waals surface area contributed by atoms with Gasteiger partial charge in [0, 0.05) is 12.4 Å². The third kappa shape index (κ3) is 3.01. The number of aromatic nitrogens is 2. The Morgan fingerprint density at radius 2 is 1.95 bits per heavy atom. The average Bonchev–Trinajstić information content (AvgIpc) is 2.87. The molecular weight excluding hydrogens is 309 g/mol. The molecule has 1 N–H and O–H groups in total. The fourth-order valence-corrected chi connectivity index (χ4v) is 2.40. The lowest BCUT2D eigenvalue weighted by atomic mass is 10.2. The number of hydrogen-bond acceptors (Lipinski definition) is 2. The first kappa shape index (κ1) is 13.9. The topological polar surface area (TPSA) is 46.4 Å². The second kappa shape index (κ2) is 5.76. The standard InChI is InChI=1S/C15H11Cl2N3O/c16-10-5-6-14-19-11(9-20(14)8-10)7-18-15(21)12-3-1-2-4-13(12)17/h1-6,8-9H,7H2,(H,18,21). The third-order valence-corrected chi connectivity index (χ3v) is 3.57. The molecule has 4 nitrogen and oxygen atoms in total. The van der Waals surface area contributed by atoms with Crippen molar-refractivity contribution in [3.8, 4) is 0 Å². The molecule has 0 aliphatic heterocycles. The number of pyridine rings is 1. The minimum Gasteiger partial charge on any atom is -0.346 e. The van der Waals surface area contributed by atoms with E-state index in [9.17, 15) is 4.79 Å². The summed E-state index contributed by atoms with van der Waals surface area (Å²) in [5.74, 6) is -0.226. The smallest absolute Gasteiger partial charge is 0.253 e. The van der Waals surface area contributed by atoms with Crippen molar-refractivity contribution in [2.75, 3.05) is 0 Å². The minimum atomic E-state index is -0.226. The van der Waals surface area contributed by atoms with E-state index in [1.165, 1.54) is 0 Å². The van der Waals surface area contributed by atoms with E-state index in [1.807, 2.05) is 16.7 Å². The number of hydrogen-bond donors (Lipinski definition) is 1. The van der Waals surface area contributed by atoms with Gasteiger partial charge in [-0.1, -0.05) is 35.3 Å². The van der Waals surface area contributed by atoms with Crippen LogP contribution in [-0.2, 0) is 6.54 Å². The summed E-state index contributed by atoms with van der Waals surface area (Å²) in [6.07, 6.45) is 3.59. The predicted octanol–water partition coefficient (Wildman–Crippen LogP) is 3.57. The molecule has 6 heteroatoms. The van der Waals surface area contributed by atoms with E-state index >= 15 is 0 Å². The normalized spacial score (nSPS) is 10.8. The van der Waals surface area contributed by atoms with Crippen LogP contribution in [0.1, 0.15) is 16.1 Å². The second-order valence-corrected chi connectivity index (χ2v) is 5.35. The molecule has 0 spiro atoms. The zero-order chi connectivity index (χ0) is 14.8. The van der Waals surface area contributed by atoms with Crippen LogP contribution in [0.2, 0.25) is 10.0 Å². The molecule has 0 atom stereocenters. The van der Waals surface area contributed by atoms with Crippen LogP contribution < -0.4 is 5.32 Å². The summed E-state index contributed by atoms with van der Waals surface area (Å²) in [6, 6.07) is 10.5. The molecule has 0 saturated carbocycles. The molecule has 2 heterocycles. The van der Waals surface area contributed by atoms with Gasteiger partial charge in [0.15, 0.2) is 0 Å². The summed E-state index contributed by atoms with van der Waals surface area (Å²) in [4.78, 5) is 16.5. The van der Waals surface area contributed by atoms with Gasteiger partial charge in [-0.2, -0.15) is 0 Å². The molecule has 1 amide bonds. The summed E-state index contributed by atoms with van der Waals surface area (Å²) in [5, 5.41) is 3.86. The van der Waals surface area contributed by atoms with E-state index in [1.54, 1.807) is 36.5 Å². The number of nitrogens with one attached hydrogen (secondary N) is 1. The van der Waals surface area contributed by atoms with E-state index in [4.69, 9.17) is 23.2 Å². The Morgan fingerprint density at radius 1 is 1.14 bits per heavy atom. The molecule has 106 valence electrons. The van der Waals surface area contributed by atoms with Gasteiger partial charge in [0.1, 0.15) is 5.65 Å². The molecule has 0 fully saturated rings. The molecule has 0 saturated heterocycles. The lowest BCUT2D eigenvalue weighted by Gasteiger charge is -2.04. The van der Waals surface area contributed by atoms with Crippen molar-refractivity contribution in [2.24, 2.45) is 0 Å². The van der Waals surface area contributed by atoms with E-state index < -0.39 is 0 Å². The van der Waals surface area contributed by atoms with Gasteiger partial charge in [0.2, 0.25) is 0 Å². The highest BCUT2D eigenvalue weighted by atomic mass is 35.5. The summed E-state index contributed by atoms with van der Waals surface area (Å²) in [6.45, 7) is 0.323. The van der Waals surface area contributed by atoms with E-state index in [-0.39, 0.29) is 5.91 Å². The fraction of sp³-hybridized carbons (Fsp3) is 0.0667. The van der Waals surface area contributed by atoms with Gasteiger partial charge in [0.05, 0.1) is 27.8 Å². The van der Waals surface area contributed by atoms with Gasteiger partial charge in [-0.3, -0.25) is 4.79 Å². The number of amides is 1. The number of nitrogens with zero attached hydrogens (tertiary/aromatic N) is 2. The maximum absolute atomic E-state index is 12.1. The number of imidazole rings is 1. The van der Waals surface area contributed by atoms with Crippen LogP contribution >= 0.6 is 23.2 Å². The van der Waals surface area contributed by atoms with Crippen LogP contribution in [0.3, 0.4) is 0 Å². The zero-order valence-corrected chi connectivity index (χ0v) is 12.4. The molecule has 0 radical (unpaired) electrons. The zero-order valence-electron chi connectivity index (χ0n) is 10.9. The van der Waals surface area contributed by atoms with Crippen LogP contribution in [0.15, 0.2) is 48.8 Å². The first-order valence-corrected chi connectivity index (χ1v) is 7.05. The van der Waals surface area contributed by atoms with Crippen LogP contribution in [0, 0.1) is 0 Å². The molecule has 3 aromatic rings. The summed E-state index contributed by atoms with van der Waals surface area (Å²) >= 11 is 11.9. The maximum Gasteiger partial charge on any atom is 0.253 e. The number of halogens is 2. The lowest BCUT2D eigenvalue weighted by Crippen LogP contribution is -2.23. The van der Waals surface area contributed by atoms with Crippen LogP contribution in [0.5, 0.6) is 0 Å². The number of carbonyl (C=O) groups excluding carboxylic acids is 1. The van der Waals surface area contributed by atoms with Crippen molar-refractivity contribution < 1.29 is 4.79 Å². The minimum absolute atomic E-state index is 0.226. The Balaban J connectivity index is 1.74. The van der Waals surface area contributed by atoms with Crippen molar-refractivity contribution in [3.63, 3.8) is 0 Å². The van der Waals surface area contributed by atoms with Crippen LogP contribution in [0.4, 0.5) is 0 Å². The fourth-order valence-electron chi connectivity index (χ4n) is 2.01. The van der Waals surface area contributed by atoms with Crippen molar-refractivity contribution in [3.05, 3.63) is 70.1 Å². The Kier molecular flexibility index (Phi) is 3.82. The van der Waals surface area contributed by atoms with Crippen molar-refractivity contribution in [1.29, 1.82) is 0 Å². The van der Waals surface area contributed by atoms with Gasteiger partial charge in [-0.15, -0.1) is 0 Å². The number of rotatable bonds is 3. The first-order valence-electron chi connectivity index (χ1n) is 6.29. The number of benzene rings is 1. The molecule has 2 aromatic heterocycles. The van der Waals surface area contributed by atoms with Crippen molar-refractivity contribution in [2.45, 2.75) is 6.54 Å². The largest absolute Gasteiger partial charge is 0.346 e. The van der Waals surface area contributed by atoms with Gasteiger partial charge < -0.3 is 9.72 Å².